The lowest BCUT2D eigenvalue weighted by atomic mass is 9.87. The quantitative estimate of drug-likeness (QED) is 0.858. The third-order valence-corrected chi connectivity index (χ3v) is 4.05. The maximum absolute atomic E-state index is 11.7. The van der Waals surface area contributed by atoms with Gasteiger partial charge in [-0.2, -0.15) is 0 Å². The van der Waals surface area contributed by atoms with Gasteiger partial charge in [-0.05, 0) is 32.8 Å². The van der Waals surface area contributed by atoms with Gasteiger partial charge < -0.3 is 14.9 Å². The van der Waals surface area contributed by atoms with Gasteiger partial charge in [-0.25, -0.2) is 0 Å². The van der Waals surface area contributed by atoms with E-state index in [0.717, 1.165) is 5.56 Å². The van der Waals surface area contributed by atoms with Gasteiger partial charge in [-0.1, -0.05) is 30.3 Å². The molecule has 1 aromatic carbocycles. The molecule has 1 aliphatic heterocycles. The fourth-order valence-electron chi connectivity index (χ4n) is 3.25. The second kappa shape index (κ2) is 7.32. The molecule has 2 rings (SSSR count). The van der Waals surface area contributed by atoms with Gasteiger partial charge >= 0.3 is 11.9 Å². The van der Waals surface area contributed by atoms with Crippen LogP contribution in [0.2, 0.25) is 0 Å². The summed E-state index contributed by atoms with van der Waals surface area (Å²) in [4.78, 5) is 25.1. The lowest BCUT2D eigenvalue weighted by Crippen LogP contribution is -2.57. The van der Waals surface area contributed by atoms with E-state index in [0.29, 0.717) is 13.1 Å². The van der Waals surface area contributed by atoms with Gasteiger partial charge in [0.1, 0.15) is 6.04 Å². The molecule has 1 fully saturated rings. The normalized spacial score (nSPS) is 25.4. The fourth-order valence-corrected chi connectivity index (χ4v) is 3.25. The summed E-state index contributed by atoms with van der Waals surface area (Å²) in [5.74, 6) is -3.19. The molecule has 2 N–H and O–H groups in total. The van der Waals surface area contributed by atoms with Crippen molar-refractivity contribution in [3.63, 3.8) is 0 Å². The highest BCUT2D eigenvalue weighted by molar-refractivity contribution is 5.83. The molecule has 0 aromatic heterocycles. The van der Waals surface area contributed by atoms with Crippen LogP contribution in [0.3, 0.4) is 0 Å². The number of carbonyl (C=O) groups is 2. The summed E-state index contributed by atoms with van der Waals surface area (Å²) in [6.45, 7) is 6.51. The number of benzene rings is 1. The Morgan fingerprint density at radius 2 is 1.79 bits per heavy atom. The van der Waals surface area contributed by atoms with Gasteiger partial charge in [0, 0.05) is 13.1 Å². The molecule has 132 valence electrons. The van der Waals surface area contributed by atoms with Crippen molar-refractivity contribution < 1.29 is 24.5 Å². The zero-order valence-corrected chi connectivity index (χ0v) is 14.3. The molecule has 3 atom stereocenters. The molecule has 1 aromatic rings. The van der Waals surface area contributed by atoms with Gasteiger partial charge in [0.05, 0.1) is 17.6 Å². The summed E-state index contributed by atoms with van der Waals surface area (Å²) >= 11 is 0. The molecule has 0 saturated carbocycles. The average molecular weight is 335 g/mol. The van der Waals surface area contributed by atoms with Crippen molar-refractivity contribution in [2.24, 2.45) is 5.92 Å². The molecule has 0 amide bonds. The molecule has 3 unspecified atom stereocenters. The number of piperidine rings is 1. The van der Waals surface area contributed by atoms with Crippen LogP contribution in [-0.2, 0) is 20.9 Å². The van der Waals surface area contributed by atoms with E-state index in [1.807, 2.05) is 51.1 Å². The van der Waals surface area contributed by atoms with E-state index in [1.54, 1.807) is 4.90 Å². The van der Waals surface area contributed by atoms with Gasteiger partial charge in [0.2, 0.25) is 0 Å². The number of hydrogen-bond acceptors (Lipinski definition) is 4. The van der Waals surface area contributed by atoms with Crippen LogP contribution >= 0.6 is 0 Å². The largest absolute Gasteiger partial charge is 0.481 e. The Bertz CT molecular complexity index is 581. The van der Waals surface area contributed by atoms with Gasteiger partial charge in [-0.3, -0.25) is 14.5 Å². The van der Waals surface area contributed by atoms with Gasteiger partial charge in [0.15, 0.2) is 0 Å². The number of ether oxygens (including phenoxy) is 1. The monoisotopic (exact) mass is 335 g/mol. The summed E-state index contributed by atoms with van der Waals surface area (Å²) in [6, 6.07) is 8.41. The Labute approximate surface area is 142 Å². The van der Waals surface area contributed by atoms with E-state index in [-0.39, 0.29) is 12.5 Å². The lowest BCUT2D eigenvalue weighted by molar-refractivity contribution is -0.169. The first kappa shape index (κ1) is 18.4. The van der Waals surface area contributed by atoms with E-state index in [4.69, 9.17) is 4.74 Å². The van der Waals surface area contributed by atoms with E-state index in [1.165, 1.54) is 0 Å². The minimum absolute atomic E-state index is 0.203. The molecular formula is C18H25NO5. The molecule has 1 aliphatic rings. The first-order valence-electron chi connectivity index (χ1n) is 8.09. The Balaban J connectivity index is 2.26. The maximum Gasteiger partial charge on any atom is 0.321 e. The third-order valence-electron chi connectivity index (χ3n) is 4.05. The standard InChI is InChI=1S/C18H25NO5/c1-18(2,3)24-13-9-14(16(20)21)15(17(22)23)19(11-13)10-12-7-5-4-6-8-12/h4-8,13-15H,9-11H2,1-3H3,(H,20,21)(H,22,23). The first-order chi connectivity index (χ1) is 11.2. The number of carboxylic acids is 2. The number of carboxylic acid groups (broad SMARTS) is 2. The number of hydrogen-bond donors (Lipinski definition) is 2. The molecule has 1 heterocycles. The minimum atomic E-state index is -1.10. The number of nitrogens with zero attached hydrogens (tertiary/aromatic N) is 1. The molecule has 1 saturated heterocycles. The van der Waals surface area contributed by atoms with E-state index in [9.17, 15) is 19.8 Å². The lowest BCUT2D eigenvalue weighted by Gasteiger charge is -2.42. The molecule has 24 heavy (non-hydrogen) atoms. The van der Waals surface area contributed by atoms with Crippen molar-refractivity contribution in [1.82, 2.24) is 4.90 Å². The smallest absolute Gasteiger partial charge is 0.321 e. The number of aliphatic carboxylic acids is 2. The van der Waals surface area contributed by atoms with Crippen LogP contribution in [0.1, 0.15) is 32.8 Å². The van der Waals surface area contributed by atoms with Crippen LogP contribution in [-0.4, -0.2) is 51.3 Å². The van der Waals surface area contributed by atoms with Crippen LogP contribution in [0.15, 0.2) is 30.3 Å². The third kappa shape index (κ3) is 4.79. The highest BCUT2D eigenvalue weighted by atomic mass is 16.5. The zero-order valence-electron chi connectivity index (χ0n) is 14.3. The van der Waals surface area contributed by atoms with Crippen molar-refractivity contribution in [2.45, 2.75) is 51.5 Å². The van der Waals surface area contributed by atoms with Crippen LogP contribution in [0.25, 0.3) is 0 Å². The summed E-state index contributed by atoms with van der Waals surface area (Å²) in [6.07, 6.45) is -0.111. The second-order valence-corrected chi connectivity index (χ2v) is 7.23. The summed E-state index contributed by atoms with van der Waals surface area (Å²) < 4.78 is 5.96. The molecular weight excluding hydrogens is 310 g/mol. The van der Waals surface area contributed by atoms with Crippen molar-refractivity contribution in [2.75, 3.05) is 6.54 Å². The number of rotatable bonds is 5. The van der Waals surface area contributed by atoms with Crippen LogP contribution < -0.4 is 0 Å². The Morgan fingerprint density at radius 3 is 2.29 bits per heavy atom. The predicted octanol–water partition coefficient (Wildman–Crippen LogP) is 2.23. The SMILES string of the molecule is CC(C)(C)OC1CC(C(=O)O)C(C(=O)O)N(Cc2ccccc2)C1. The second-order valence-electron chi connectivity index (χ2n) is 7.23. The van der Waals surface area contributed by atoms with Gasteiger partial charge in [-0.15, -0.1) is 0 Å². The summed E-state index contributed by atoms with van der Waals surface area (Å²) in [7, 11) is 0. The van der Waals surface area contributed by atoms with Crippen LogP contribution in [0.4, 0.5) is 0 Å². The van der Waals surface area contributed by atoms with E-state index >= 15 is 0 Å². The summed E-state index contributed by atoms with van der Waals surface area (Å²) in [5, 5.41) is 19.1. The molecule has 6 nitrogen and oxygen atoms in total. The highest BCUT2D eigenvalue weighted by Crippen LogP contribution is 2.30. The van der Waals surface area contributed by atoms with Crippen molar-refractivity contribution >= 4 is 11.9 Å². The fraction of sp³-hybridized carbons (Fsp3) is 0.556. The first-order valence-corrected chi connectivity index (χ1v) is 8.09. The van der Waals surface area contributed by atoms with Crippen molar-refractivity contribution in [3.8, 4) is 0 Å². The zero-order chi connectivity index (χ0) is 17.9. The number of likely N-dealkylation sites (tertiary alicyclic amines) is 1. The topological polar surface area (TPSA) is 87.1 Å². The van der Waals surface area contributed by atoms with E-state index < -0.39 is 29.5 Å². The van der Waals surface area contributed by atoms with Crippen molar-refractivity contribution in [1.29, 1.82) is 0 Å². The Morgan fingerprint density at radius 1 is 1.17 bits per heavy atom. The Hall–Kier alpha value is -1.92. The predicted molar refractivity (Wildman–Crippen MR) is 88.6 cm³/mol. The highest BCUT2D eigenvalue weighted by Gasteiger charge is 2.45. The molecule has 0 radical (unpaired) electrons. The molecule has 6 heteroatoms. The molecule has 0 spiro atoms. The van der Waals surface area contributed by atoms with Crippen LogP contribution in [0.5, 0.6) is 0 Å². The molecule has 0 aliphatic carbocycles. The van der Waals surface area contributed by atoms with Crippen LogP contribution in [0, 0.1) is 5.92 Å². The average Bonchev–Trinajstić information content (AvgIpc) is 2.45. The van der Waals surface area contributed by atoms with E-state index in [2.05, 4.69) is 0 Å². The maximum atomic E-state index is 11.7. The Kier molecular flexibility index (Phi) is 5.62. The summed E-state index contributed by atoms with van der Waals surface area (Å²) in [5.41, 5.74) is 0.534. The van der Waals surface area contributed by atoms with Gasteiger partial charge in [0.25, 0.3) is 0 Å². The van der Waals surface area contributed by atoms with Crippen molar-refractivity contribution in [3.05, 3.63) is 35.9 Å². The molecule has 0 bridgehead atoms. The minimum Gasteiger partial charge on any atom is -0.481 e.